The first-order valence-corrected chi connectivity index (χ1v) is 6.45. The molecule has 1 aromatic heterocycles. The summed E-state index contributed by atoms with van der Waals surface area (Å²) in [6, 6.07) is 7.20. The lowest BCUT2D eigenvalue weighted by molar-refractivity contribution is -0.136. The number of carbonyl (C=O) groups is 1. The number of rotatable bonds is 4. The van der Waals surface area contributed by atoms with E-state index in [1.807, 2.05) is 12.1 Å². The Labute approximate surface area is 113 Å². The zero-order valence-electron chi connectivity index (χ0n) is 9.61. The second-order valence-corrected chi connectivity index (χ2v) is 5.14. The lowest BCUT2D eigenvalue weighted by atomic mass is 10.1. The van der Waals surface area contributed by atoms with Gasteiger partial charge in [-0.05, 0) is 12.1 Å². The van der Waals surface area contributed by atoms with Gasteiger partial charge in [0.2, 0.25) is 0 Å². The molecule has 0 atom stereocenters. The van der Waals surface area contributed by atoms with E-state index >= 15 is 0 Å². The maximum atomic E-state index is 10.8. The Bertz CT molecular complexity index is 566. The van der Waals surface area contributed by atoms with Crippen LogP contribution in [0, 0.1) is 0 Å². The van der Waals surface area contributed by atoms with E-state index in [1.165, 1.54) is 11.3 Å². The zero-order chi connectivity index (χ0) is 13.1. The van der Waals surface area contributed by atoms with Gasteiger partial charge in [-0.3, -0.25) is 4.79 Å². The van der Waals surface area contributed by atoms with Crippen LogP contribution < -0.4 is 5.32 Å². The van der Waals surface area contributed by atoms with Crippen molar-refractivity contribution in [2.75, 3.05) is 12.4 Å². The van der Waals surface area contributed by atoms with Crippen molar-refractivity contribution in [2.45, 2.75) is 6.42 Å². The Morgan fingerprint density at radius 3 is 2.67 bits per heavy atom. The fourth-order valence-corrected chi connectivity index (χ4v) is 2.60. The highest BCUT2D eigenvalue weighted by atomic mass is 35.5. The van der Waals surface area contributed by atoms with E-state index in [-0.39, 0.29) is 6.42 Å². The Morgan fingerprint density at radius 2 is 2.11 bits per heavy atom. The first-order chi connectivity index (χ1) is 8.60. The summed E-state index contributed by atoms with van der Waals surface area (Å²) in [5.41, 5.74) is 1.57. The summed E-state index contributed by atoms with van der Waals surface area (Å²) in [4.78, 5) is 16.0. The predicted octanol–water partition coefficient (Wildman–Crippen LogP) is 3.13. The Morgan fingerprint density at radius 1 is 1.44 bits per heavy atom. The highest BCUT2D eigenvalue weighted by molar-refractivity contribution is 7.16. The maximum absolute atomic E-state index is 10.8. The van der Waals surface area contributed by atoms with Crippen molar-refractivity contribution in [1.29, 1.82) is 0 Å². The number of anilines is 1. The number of nitrogens with one attached hydrogen (secondary N) is 1. The summed E-state index contributed by atoms with van der Waals surface area (Å²) >= 11 is 7.18. The van der Waals surface area contributed by atoms with Crippen LogP contribution in [0.15, 0.2) is 24.3 Å². The molecule has 94 valence electrons. The molecule has 0 saturated heterocycles. The van der Waals surface area contributed by atoms with Crippen molar-refractivity contribution in [3.8, 4) is 11.3 Å². The van der Waals surface area contributed by atoms with Gasteiger partial charge in [0, 0.05) is 22.5 Å². The molecule has 0 aliphatic carbocycles. The smallest absolute Gasteiger partial charge is 0.308 e. The first kappa shape index (κ1) is 12.9. The normalized spacial score (nSPS) is 10.3. The number of halogens is 1. The molecule has 0 fully saturated rings. The summed E-state index contributed by atoms with van der Waals surface area (Å²) in [5.74, 6) is -0.864. The number of nitrogens with zero attached hydrogens (tertiary/aromatic N) is 1. The van der Waals surface area contributed by atoms with Crippen molar-refractivity contribution in [2.24, 2.45) is 0 Å². The van der Waals surface area contributed by atoms with Gasteiger partial charge in [-0.25, -0.2) is 4.98 Å². The lowest BCUT2D eigenvalue weighted by Crippen LogP contribution is -1.99. The number of hydrogen-bond donors (Lipinski definition) is 2. The van der Waals surface area contributed by atoms with E-state index in [0.29, 0.717) is 15.8 Å². The van der Waals surface area contributed by atoms with Crippen LogP contribution in [0.1, 0.15) is 4.88 Å². The van der Waals surface area contributed by atoms with Crippen molar-refractivity contribution in [3.63, 3.8) is 0 Å². The summed E-state index contributed by atoms with van der Waals surface area (Å²) in [6.07, 6.45) is -0.0304. The SMILES string of the molecule is CNc1nc(-c2ccc(Cl)cc2)c(CC(=O)O)s1. The number of thiazole rings is 1. The van der Waals surface area contributed by atoms with Crippen LogP contribution >= 0.6 is 22.9 Å². The molecule has 6 heteroatoms. The topological polar surface area (TPSA) is 62.2 Å². The predicted molar refractivity (Wildman–Crippen MR) is 73.4 cm³/mol. The van der Waals surface area contributed by atoms with Gasteiger partial charge in [0.15, 0.2) is 5.13 Å². The molecule has 0 aliphatic heterocycles. The molecule has 0 radical (unpaired) electrons. The molecule has 2 rings (SSSR count). The van der Waals surface area contributed by atoms with Gasteiger partial charge in [0.25, 0.3) is 0 Å². The Kier molecular flexibility index (Phi) is 3.84. The zero-order valence-corrected chi connectivity index (χ0v) is 11.2. The van der Waals surface area contributed by atoms with Gasteiger partial charge >= 0.3 is 5.97 Å². The van der Waals surface area contributed by atoms with E-state index < -0.39 is 5.97 Å². The summed E-state index contributed by atoms with van der Waals surface area (Å²) < 4.78 is 0. The maximum Gasteiger partial charge on any atom is 0.308 e. The molecule has 0 spiro atoms. The van der Waals surface area contributed by atoms with E-state index in [0.717, 1.165) is 10.4 Å². The number of hydrogen-bond acceptors (Lipinski definition) is 4. The third kappa shape index (κ3) is 2.80. The molecule has 0 saturated carbocycles. The second kappa shape index (κ2) is 5.37. The standard InChI is InChI=1S/C12H11ClN2O2S/c1-14-12-15-11(9(18-12)6-10(16)17)7-2-4-8(13)5-3-7/h2-5H,6H2,1H3,(H,14,15)(H,16,17). The number of aliphatic carboxylic acids is 1. The van der Waals surface area contributed by atoms with Gasteiger partial charge in [-0.2, -0.15) is 0 Å². The van der Waals surface area contributed by atoms with E-state index in [4.69, 9.17) is 16.7 Å². The van der Waals surface area contributed by atoms with Crippen LogP contribution in [0.2, 0.25) is 5.02 Å². The Hall–Kier alpha value is -1.59. The number of aromatic nitrogens is 1. The van der Waals surface area contributed by atoms with Crippen LogP contribution in [0.25, 0.3) is 11.3 Å². The molecule has 0 amide bonds. The van der Waals surface area contributed by atoms with Gasteiger partial charge in [0.1, 0.15) is 0 Å². The minimum absolute atomic E-state index is 0.0304. The van der Waals surface area contributed by atoms with Crippen LogP contribution in [0.5, 0.6) is 0 Å². The first-order valence-electron chi connectivity index (χ1n) is 5.25. The molecule has 0 aliphatic rings. The monoisotopic (exact) mass is 282 g/mol. The fourth-order valence-electron chi connectivity index (χ4n) is 1.55. The van der Waals surface area contributed by atoms with E-state index in [1.54, 1.807) is 19.2 Å². The Balaban J connectivity index is 2.44. The third-order valence-corrected chi connectivity index (χ3v) is 3.67. The van der Waals surface area contributed by atoms with Crippen LogP contribution in [-0.2, 0) is 11.2 Å². The highest BCUT2D eigenvalue weighted by Crippen LogP contribution is 2.31. The molecule has 18 heavy (non-hydrogen) atoms. The van der Waals surface area contributed by atoms with Crippen LogP contribution in [0.4, 0.5) is 5.13 Å². The average Bonchev–Trinajstić information content (AvgIpc) is 2.72. The molecule has 1 aromatic carbocycles. The molecular weight excluding hydrogens is 272 g/mol. The van der Waals surface area contributed by atoms with E-state index in [2.05, 4.69) is 10.3 Å². The molecular formula is C12H11ClN2O2S. The number of carboxylic acids is 1. The molecule has 2 aromatic rings. The van der Waals surface area contributed by atoms with E-state index in [9.17, 15) is 4.79 Å². The summed E-state index contributed by atoms with van der Waals surface area (Å²) in [7, 11) is 1.76. The molecule has 0 unspecified atom stereocenters. The van der Waals surface area contributed by atoms with Gasteiger partial charge in [-0.1, -0.05) is 23.7 Å². The lowest BCUT2D eigenvalue weighted by Gasteiger charge is -2.00. The summed E-state index contributed by atoms with van der Waals surface area (Å²) in [6.45, 7) is 0. The third-order valence-electron chi connectivity index (χ3n) is 2.34. The van der Waals surface area contributed by atoms with Crippen molar-refractivity contribution < 1.29 is 9.90 Å². The summed E-state index contributed by atoms with van der Waals surface area (Å²) in [5, 5.41) is 13.2. The van der Waals surface area contributed by atoms with Crippen molar-refractivity contribution in [3.05, 3.63) is 34.2 Å². The minimum Gasteiger partial charge on any atom is -0.481 e. The average molecular weight is 283 g/mol. The number of benzene rings is 1. The highest BCUT2D eigenvalue weighted by Gasteiger charge is 2.15. The minimum atomic E-state index is -0.864. The fraction of sp³-hybridized carbons (Fsp3) is 0.167. The van der Waals surface area contributed by atoms with Crippen molar-refractivity contribution in [1.82, 2.24) is 4.98 Å². The largest absolute Gasteiger partial charge is 0.481 e. The number of carboxylic acid groups (broad SMARTS) is 1. The molecule has 4 nitrogen and oxygen atoms in total. The molecule has 2 N–H and O–H groups in total. The quantitative estimate of drug-likeness (QED) is 0.904. The van der Waals surface area contributed by atoms with Crippen LogP contribution in [0.3, 0.4) is 0 Å². The molecule has 0 bridgehead atoms. The van der Waals surface area contributed by atoms with Crippen molar-refractivity contribution >= 4 is 34.0 Å². The second-order valence-electron chi connectivity index (χ2n) is 3.62. The van der Waals surface area contributed by atoms with Gasteiger partial charge in [0.05, 0.1) is 12.1 Å². The van der Waals surface area contributed by atoms with Crippen LogP contribution in [-0.4, -0.2) is 23.1 Å². The van der Waals surface area contributed by atoms with Gasteiger partial charge < -0.3 is 10.4 Å². The van der Waals surface area contributed by atoms with Gasteiger partial charge in [-0.15, -0.1) is 11.3 Å². The molecule has 1 heterocycles.